The molecule has 0 unspecified atom stereocenters. The van der Waals surface area contributed by atoms with Crippen LogP contribution in [0.3, 0.4) is 0 Å². The lowest BCUT2D eigenvalue weighted by molar-refractivity contribution is -0.123. The highest BCUT2D eigenvalue weighted by Crippen LogP contribution is 2.38. The van der Waals surface area contributed by atoms with Crippen molar-refractivity contribution in [1.29, 1.82) is 5.26 Å². The van der Waals surface area contributed by atoms with Crippen LogP contribution in [0.25, 0.3) is 6.08 Å². The zero-order valence-electron chi connectivity index (χ0n) is 17.4. The van der Waals surface area contributed by atoms with Crippen LogP contribution in [0.5, 0.6) is 5.75 Å². The van der Waals surface area contributed by atoms with Gasteiger partial charge < -0.3 is 4.74 Å². The van der Waals surface area contributed by atoms with E-state index in [1.165, 1.54) is 12.1 Å². The van der Waals surface area contributed by atoms with Crippen molar-refractivity contribution in [2.24, 2.45) is 0 Å². The van der Waals surface area contributed by atoms with E-state index in [2.05, 4.69) is 22.0 Å². The van der Waals surface area contributed by atoms with Crippen LogP contribution in [-0.4, -0.2) is 16.0 Å². The van der Waals surface area contributed by atoms with Gasteiger partial charge in [-0.15, -0.1) is 0 Å². The Morgan fingerprint density at radius 3 is 2.59 bits per heavy atom. The fraction of sp³-hybridized carbons (Fsp3) is 0.0800. The van der Waals surface area contributed by atoms with Gasteiger partial charge in [0.25, 0.3) is 11.1 Å². The minimum atomic E-state index is -0.438. The molecule has 1 aliphatic rings. The fourth-order valence-corrected chi connectivity index (χ4v) is 5.09. The molecule has 9 heteroatoms. The number of hydrogen-bond acceptors (Lipinski definition) is 5. The summed E-state index contributed by atoms with van der Waals surface area (Å²) >= 11 is 10.7. The molecule has 1 aliphatic heterocycles. The van der Waals surface area contributed by atoms with Crippen molar-refractivity contribution in [2.45, 2.75) is 13.2 Å². The fourth-order valence-electron chi connectivity index (χ4n) is 3.26. The quantitative estimate of drug-likeness (QED) is 0.307. The molecule has 1 fully saturated rings. The Hall–Kier alpha value is -3.12. The first kappa shape index (κ1) is 24.0. The molecule has 3 aromatic rings. The Morgan fingerprint density at radius 2 is 1.88 bits per heavy atom. The number of carbonyl (C=O) groups is 2. The molecule has 0 aliphatic carbocycles. The van der Waals surface area contributed by atoms with Gasteiger partial charge in [-0.2, -0.15) is 5.26 Å². The molecule has 0 aromatic heterocycles. The van der Waals surface area contributed by atoms with Crippen molar-refractivity contribution in [3.05, 3.63) is 103 Å². The van der Waals surface area contributed by atoms with Gasteiger partial charge in [0.1, 0.15) is 12.4 Å². The highest BCUT2D eigenvalue weighted by molar-refractivity contribution is 9.10. The zero-order chi connectivity index (χ0) is 24.2. The van der Waals surface area contributed by atoms with Crippen LogP contribution in [0.15, 0.2) is 70.0 Å². The predicted octanol–water partition coefficient (Wildman–Crippen LogP) is 6.93. The van der Waals surface area contributed by atoms with E-state index in [1.54, 1.807) is 54.6 Å². The van der Waals surface area contributed by atoms with Crippen molar-refractivity contribution in [3.63, 3.8) is 0 Å². The Labute approximate surface area is 212 Å². The second kappa shape index (κ2) is 10.4. The van der Waals surface area contributed by atoms with Crippen molar-refractivity contribution in [2.75, 3.05) is 0 Å². The zero-order valence-corrected chi connectivity index (χ0v) is 20.6. The Kier molecular flexibility index (Phi) is 7.37. The summed E-state index contributed by atoms with van der Waals surface area (Å²) < 4.78 is 19.4. The number of hydrogen-bond donors (Lipinski definition) is 0. The standard InChI is InChI=1S/C25H15BrClFN2O3S/c26-20-9-16(10-21(27)23(20)33-14-15-5-7-19(28)8-6-15)11-22-24(31)30(25(32)34-22)13-18-4-2-1-3-17(18)12-29/h1-11H,13-14H2/b22-11+. The number of halogens is 3. The monoisotopic (exact) mass is 556 g/mol. The summed E-state index contributed by atoms with van der Waals surface area (Å²) in [5, 5.41) is 9.16. The number of ether oxygens (including phenoxy) is 1. The first-order valence-corrected chi connectivity index (χ1v) is 11.9. The number of rotatable bonds is 6. The molecule has 0 spiro atoms. The predicted molar refractivity (Wildman–Crippen MR) is 133 cm³/mol. The SMILES string of the molecule is N#Cc1ccccc1CN1C(=O)S/C(=C/c2cc(Cl)c(OCc3ccc(F)cc3)c(Br)c2)C1=O. The maximum absolute atomic E-state index is 13.1. The average molecular weight is 558 g/mol. The van der Waals surface area contributed by atoms with Crippen LogP contribution in [-0.2, 0) is 17.9 Å². The molecular formula is C25H15BrClFN2O3S. The summed E-state index contributed by atoms with van der Waals surface area (Å²) in [6.45, 7) is 0.216. The molecule has 0 atom stereocenters. The van der Waals surface area contributed by atoms with Crippen LogP contribution >= 0.6 is 39.3 Å². The minimum Gasteiger partial charge on any atom is -0.486 e. The van der Waals surface area contributed by atoms with Crippen LogP contribution in [0.2, 0.25) is 5.02 Å². The lowest BCUT2D eigenvalue weighted by Gasteiger charge is -2.13. The van der Waals surface area contributed by atoms with Crippen molar-refractivity contribution < 1.29 is 18.7 Å². The molecule has 4 rings (SSSR count). The second-order valence-electron chi connectivity index (χ2n) is 7.27. The summed E-state index contributed by atoms with van der Waals surface area (Å²) in [5.74, 6) is -0.359. The third kappa shape index (κ3) is 5.33. The van der Waals surface area contributed by atoms with Gasteiger partial charge in [-0.1, -0.05) is 41.9 Å². The van der Waals surface area contributed by atoms with Gasteiger partial charge in [0.15, 0.2) is 5.75 Å². The summed E-state index contributed by atoms with van der Waals surface area (Å²) in [6.07, 6.45) is 1.58. The second-order valence-corrected chi connectivity index (χ2v) is 9.52. The number of carbonyl (C=O) groups excluding carboxylic acids is 2. The highest BCUT2D eigenvalue weighted by atomic mass is 79.9. The van der Waals surface area contributed by atoms with Gasteiger partial charge in [0.05, 0.1) is 32.6 Å². The Bertz CT molecular complexity index is 1330. The third-order valence-corrected chi connectivity index (χ3v) is 6.73. The van der Waals surface area contributed by atoms with E-state index >= 15 is 0 Å². The van der Waals surface area contributed by atoms with E-state index < -0.39 is 11.1 Å². The first-order chi connectivity index (χ1) is 16.4. The molecule has 1 saturated heterocycles. The van der Waals surface area contributed by atoms with Gasteiger partial charge in [-0.25, -0.2) is 4.39 Å². The molecular weight excluding hydrogens is 543 g/mol. The maximum Gasteiger partial charge on any atom is 0.293 e. The number of thioether (sulfide) groups is 1. The van der Waals surface area contributed by atoms with Gasteiger partial charge in [-0.05, 0) is 80.8 Å². The first-order valence-electron chi connectivity index (χ1n) is 9.95. The Balaban J connectivity index is 1.51. The van der Waals surface area contributed by atoms with Crippen molar-refractivity contribution in [3.8, 4) is 11.8 Å². The molecule has 34 heavy (non-hydrogen) atoms. The topological polar surface area (TPSA) is 70.4 Å². The number of nitriles is 1. The van der Waals surface area contributed by atoms with Crippen molar-refractivity contribution in [1.82, 2.24) is 4.90 Å². The smallest absolute Gasteiger partial charge is 0.293 e. The molecule has 0 radical (unpaired) electrons. The van der Waals surface area contributed by atoms with E-state index in [1.807, 2.05) is 0 Å². The molecule has 2 amide bonds. The summed E-state index contributed by atoms with van der Waals surface area (Å²) in [4.78, 5) is 26.7. The van der Waals surface area contributed by atoms with Crippen LogP contribution in [0.1, 0.15) is 22.3 Å². The van der Waals surface area contributed by atoms with Gasteiger partial charge in [0, 0.05) is 0 Å². The largest absolute Gasteiger partial charge is 0.486 e. The summed E-state index contributed by atoms with van der Waals surface area (Å²) in [7, 11) is 0. The van der Waals surface area contributed by atoms with E-state index in [0.717, 1.165) is 22.2 Å². The van der Waals surface area contributed by atoms with Gasteiger partial charge in [-0.3, -0.25) is 14.5 Å². The summed E-state index contributed by atoms with van der Waals surface area (Å²) in [6, 6.07) is 18.2. The number of imide groups is 1. The van der Waals surface area contributed by atoms with Crippen LogP contribution in [0, 0.1) is 17.1 Å². The van der Waals surface area contributed by atoms with E-state index in [4.69, 9.17) is 16.3 Å². The highest BCUT2D eigenvalue weighted by Gasteiger charge is 2.35. The van der Waals surface area contributed by atoms with Crippen LogP contribution in [0.4, 0.5) is 9.18 Å². The molecule has 1 heterocycles. The molecule has 5 nitrogen and oxygen atoms in total. The minimum absolute atomic E-state index is 0.0202. The number of nitrogens with zero attached hydrogens (tertiary/aromatic N) is 2. The average Bonchev–Trinajstić information content (AvgIpc) is 3.07. The van der Waals surface area contributed by atoms with E-state index in [0.29, 0.717) is 31.9 Å². The molecule has 0 saturated carbocycles. The molecule has 170 valence electrons. The molecule has 3 aromatic carbocycles. The normalized spacial score (nSPS) is 14.5. The van der Waals surface area contributed by atoms with Gasteiger partial charge in [0.2, 0.25) is 0 Å². The Morgan fingerprint density at radius 1 is 1.15 bits per heavy atom. The van der Waals surface area contributed by atoms with E-state index in [9.17, 15) is 19.2 Å². The molecule has 0 bridgehead atoms. The lowest BCUT2D eigenvalue weighted by atomic mass is 10.1. The maximum atomic E-state index is 13.1. The van der Waals surface area contributed by atoms with E-state index in [-0.39, 0.29) is 23.9 Å². The number of amides is 2. The van der Waals surface area contributed by atoms with Crippen LogP contribution < -0.4 is 4.74 Å². The number of benzene rings is 3. The third-order valence-electron chi connectivity index (χ3n) is 4.95. The lowest BCUT2D eigenvalue weighted by Crippen LogP contribution is -2.27. The van der Waals surface area contributed by atoms with Crippen molar-refractivity contribution >= 4 is 56.5 Å². The summed E-state index contributed by atoms with van der Waals surface area (Å²) in [5.41, 5.74) is 2.40. The molecule has 0 N–H and O–H groups in total. The van der Waals surface area contributed by atoms with Gasteiger partial charge >= 0.3 is 0 Å².